The molecule has 0 bridgehead atoms. The second-order valence-corrected chi connectivity index (χ2v) is 6.32. The fourth-order valence-corrected chi connectivity index (χ4v) is 1.95. The van der Waals surface area contributed by atoms with Gasteiger partial charge in [0.15, 0.2) is 0 Å². The molecule has 0 aromatic carbocycles. The summed E-state index contributed by atoms with van der Waals surface area (Å²) in [6.45, 7) is 6.41. The highest BCUT2D eigenvalue weighted by Crippen LogP contribution is 2.01. The molecule has 25 heavy (non-hydrogen) atoms. The first-order valence-corrected chi connectivity index (χ1v) is 9.33. The minimum absolute atomic E-state index is 0.0137. The smallest absolute Gasteiger partial charge is 0.223 e. The molecule has 0 heterocycles. The molecule has 8 nitrogen and oxygen atoms in total. The summed E-state index contributed by atoms with van der Waals surface area (Å²) >= 11 is 0. The van der Waals surface area contributed by atoms with Crippen molar-refractivity contribution in [2.24, 2.45) is 0 Å². The number of unbranched alkanes of at least 4 members (excludes halogenated alkanes) is 2. The number of hydrogen-bond acceptors (Lipinski definition) is 8. The largest absolute Gasteiger partial charge is 0.389 e. The van der Waals surface area contributed by atoms with Crippen molar-refractivity contribution in [3.05, 3.63) is 0 Å². The zero-order valence-electron chi connectivity index (χ0n) is 15.7. The first kappa shape index (κ1) is 24.7. The lowest BCUT2D eigenvalue weighted by Crippen LogP contribution is -2.50. The highest BCUT2D eigenvalue weighted by molar-refractivity contribution is 4.68. The molecule has 0 spiro atoms. The van der Waals surface area contributed by atoms with Crippen molar-refractivity contribution >= 4 is 0 Å². The number of aliphatic hydroxyl groups excluding tert-OH is 2. The molecule has 0 saturated heterocycles. The van der Waals surface area contributed by atoms with Crippen LogP contribution in [0.1, 0.15) is 46.0 Å². The predicted octanol–water partition coefficient (Wildman–Crippen LogP) is -0.451. The van der Waals surface area contributed by atoms with E-state index in [0.29, 0.717) is 26.3 Å². The van der Waals surface area contributed by atoms with Gasteiger partial charge in [-0.15, -0.1) is 0 Å². The van der Waals surface area contributed by atoms with E-state index in [9.17, 15) is 20.4 Å². The first-order chi connectivity index (χ1) is 11.9. The van der Waals surface area contributed by atoms with Gasteiger partial charge in [0.1, 0.15) is 0 Å². The molecular formula is C17H38N2O6. The van der Waals surface area contributed by atoms with Crippen LogP contribution in [0.25, 0.3) is 0 Å². The van der Waals surface area contributed by atoms with Crippen LogP contribution in [0.2, 0.25) is 0 Å². The number of rotatable bonds is 18. The zero-order chi connectivity index (χ0) is 19.0. The topological polar surface area (TPSA) is 123 Å². The van der Waals surface area contributed by atoms with Gasteiger partial charge in [-0.05, 0) is 12.8 Å². The summed E-state index contributed by atoms with van der Waals surface area (Å²) in [4.78, 5) is 0. The van der Waals surface area contributed by atoms with E-state index < -0.39 is 18.1 Å². The van der Waals surface area contributed by atoms with Crippen LogP contribution in [-0.2, 0) is 9.47 Å². The van der Waals surface area contributed by atoms with Crippen LogP contribution in [0.3, 0.4) is 0 Å². The average molecular weight is 366 g/mol. The minimum atomic E-state index is -2.08. The third kappa shape index (κ3) is 16.9. The average Bonchev–Trinajstić information content (AvgIpc) is 2.58. The Morgan fingerprint density at radius 3 is 1.92 bits per heavy atom. The Labute approximate surface area is 151 Å². The van der Waals surface area contributed by atoms with Gasteiger partial charge >= 0.3 is 0 Å². The lowest BCUT2D eigenvalue weighted by Gasteiger charge is -2.25. The van der Waals surface area contributed by atoms with E-state index in [1.165, 1.54) is 0 Å². The monoisotopic (exact) mass is 366 g/mol. The van der Waals surface area contributed by atoms with Crippen molar-refractivity contribution in [2.45, 2.75) is 64.1 Å². The molecule has 0 rings (SSSR count). The van der Waals surface area contributed by atoms with E-state index in [1.54, 1.807) is 0 Å². The first-order valence-electron chi connectivity index (χ1n) is 9.33. The Morgan fingerprint density at radius 2 is 1.40 bits per heavy atom. The summed E-state index contributed by atoms with van der Waals surface area (Å²) < 4.78 is 10.6. The highest BCUT2D eigenvalue weighted by Gasteiger charge is 2.23. The van der Waals surface area contributed by atoms with Crippen LogP contribution >= 0.6 is 0 Å². The maximum atomic E-state index is 9.80. The number of hydrogen-bond donors (Lipinski definition) is 6. The summed E-state index contributed by atoms with van der Waals surface area (Å²) in [5.74, 6) is -2.08. The van der Waals surface area contributed by atoms with Gasteiger partial charge in [0.25, 0.3) is 0 Å². The quantitative estimate of drug-likeness (QED) is 0.142. The van der Waals surface area contributed by atoms with Crippen molar-refractivity contribution in [1.29, 1.82) is 0 Å². The molecule has 0 aromatic heterocycles. The highest BCUT2D eigenvalue weighted by atomic mass is 16.5. The van der Waals surface area contributed by atoms with Crippen LogP contribution in [0.15, 0.2) is 0 Å². The van der Waals surface area contributed by atoms with Crippen molar-refractivity contribution in [3.8, 4) is 0 Å². The van der Waals surface area contributed by atoms with E-state index in [4.69, 9.17) is 9.47 Å². The maximum Gasteiger partial charge on any atom is 0.223 e. The van der Waals surface area contributed by atoms with Gasteiger partial charge in [0.2, 0.25) is 5.91 Å². The Morgan fingerprint density at radius 1 is 0.880 bits per heavy atom. The minimum Gasteiger partial charge on any atom is -0.389 e. The summed E-state index contributed by atoms with van der Waals surface area (Å²) in [6.07, 6.45) is 2.57. The molecule has 2 unspecified atom stereocenters. The van der Waals surface area contributed by atoms with Crippen molar-refractivity contribution in [3.63, 3.8) is 0 Å². The summed E-state index contributed by atoms with van der Waals surface area (Å²) in [5, 5.41) is 44.4. The second kappa shape index (κ2) is 15.9. The Bertz CT molecular complexity index is 294. The third-order valence-corrected chi connectivity index (χ3v) is 3.56. The van der Waals surface area contributed by atoms with Crippen LogP contribution in [0.4, 0.5) is 0 Å². The number of aliphatic hydroxyl groups is 4. The fourth-order valence-electron chi connectivity index (χ4n) is 1.95. The van der Waals surface area contributed by atoms with Gasteiger partial charge in [-0.3, -0.25) is 5.32 Å². The maximum absolute atomic E-state index is 9.80. The summed E-state index contributed by atoms with van der Waals surface area (Å²) in [7, 11) is 0. The van der Waals surface area contributed by atoms with Crippen LogP contribution in [-0.4, -0.2) is 84.6 Å². The standard InChI is InChI=1S/C17H38N2O6/c1-3-5-9-24-13-15(20)11-18-8-7-17(22,23)19-12-16(21)14-25-10-6-4-2/h15-16,18-23H,3-14H2,1-2H3. The molecule has 152 valence electrons. The van der Waals surface area contributed by atoms with Gasteiger partial charge < -0.3 is 35.2 Å². The number of ether oxygens (including phenoxy) is 2. The lowest BCUT2D eigenvalue weighted by molar-refractivity contribution is -0.192. The molecule has 0 radical (unpaired) electrons. The van der Waals surface area contributed by atoms with Gasteiger partial charge in [0.05, 0.1) is 25.4 Å². The van der Waals surface area contributed by atoms with Crippen molar-refractivity contribution in [2.75, 3.05) is 46.1 Å². The van der Waals surface area contributed by atoms with E-state index in [-0.39, 0.29) is 26.2 Å². The Hall–Kier alpha value is -0.320. The third-order valence-electron chi connectivity index (χ3n) is 3.56. The van der Waals surface area contributed by atoms with Crippen molar-refractivity contribution < 1.29 is 29.9 Å². The van der Waals surface area contributed by atoms with E-state index >= 15 is 0 Å². The van der Waals surface area contributed by atoms with E-state index in [1.807, 2.05) is 0 Å². The number of nitrogens with one attached hydrogen (secondary N) is 2. The predicted molar refractivity (Wildman–Crippen MR) is 96.1 cm³/mol. The molecule has 0 amide bonds. The molecule has 0 fully saturated rings. The Kier molecular flexibility index (Phi) is 15.7. The van der Waals surface area contributed by atoms with Gasteiger partial charge in [-0.25, -0.2) is 0 Å². The molecule has 0 aliphatic carbocycles. The molecule has 6 N–H and O–H groups in total. The molecular weight excluding hydrogens is 328 g/mol. The SMILES string of the molecule is CCCCOCC(O)CNCCC(O)(O)NCC(O)COCCCC. The molecule has 8 heteroatoms. The van der Waals surface area contributed by atoms with E-state index in [0.717, 1.165) is 25.7 Å². The molecule has 0 saturated carbocycles. The molecule has 0 aliphatic heterocycles. The van der Waals surface area contributed by atoms with Crippen LogP contribution < -0.4 is 10.6 Å². The molecule has 2 atom stereocenters. The van der Waals surface area contributed by atoms with Gasteiger partial charge in [0, 0.05) is 39.3 Å². The van der Waals surface area contributed by atoms with E-state index in [2.05, 4.69) is 24.5 Å². The molecule has 0 aromatic rings. The molecule has 0 aliphatic rings. The zero-order valence-corrected chi connectivity index (χ0v) is 15.7. The summed E-state index contributed by atoms with van der Waals surface area (Å²) in [5.41, 5.74) is 0. The van der Waals surface area contributed by atoms with Crippen molar-refractivity contribution in [1.82, 2.24) is 10.6 Å². The second-order valence-electron chi connectivity index (χ2n) is 6.32. The van der Waals surface area contributed by atoms with Gasteiger partial charge in [-0.1, -0.05) is 26.7 Å². The van der Waals surface area contributed by atoms with Crippen LogP contribution in [0.5, 0.6) is 0 Å². The normalized spacial score (nSPS) is 14.6. The summed E-state index contributed by atoms with van der Waals surface area (Å²) in [6, 6.07) is 0. The fraction of sp³-hybridized carbons (Fsp3) is 1.00. The lowest BCUT2D eigenvalue weighted by atomic mass is 10.2. The van der Waals surface area contributed by atoms with Crippen LogP contribution in [0, 0.1) is 0 Å². The van der Waals surface area contributed by atoms with Gasteiger partial charge in [-0.2, -0.15) is 0 Å². The Balaban J connectivity index is 3.65.